The van der Waals surface area contributed by atoms with Gasteiger partial charge in [0.2, 0.25) is 0 Å². The van der Waals surface area contributed by atoms with Gasteiger partial charge in [-0.1, -0.05) is 0 Å². The number of benzene rings is 1. The summed E-state index contributed by atoms with van der Waals surface area (Å²) in [6, 6.07) is 8.87. The molecule has 2 atom stereocenters. The largest absolute Gasteiger partial charge is 0.391 e. The third-order valence-corrected chi connectivity index (χ3v) is 4.44. The van der Waals surface area contributed by atoms with Crippen molar-refractivity contribution in [2.24, 2.45) is 0 Å². The Hall–Kier alpha value is -1.77. The lowest BCUT2D eigenvalue weighted by Crippen LogP contribution is -2.49. The van der Waals surface area contributed by atoms with Gasteiger partial charge in [-0.3, -0.25) is 0 Å². The zero-order chi connectivity index (χ0) is 14.8. The Balaban J connectivity index is 1.87. The monoisotopic (exact) mass is 286 g/mol. The zero-order valence-corrected chi connectivity index (χ0v) is 12.4. The van der Waals surface area contributed by atoms with Gasteiger partial charge < -0.3 is 20.2 Å². The van der Waals surface area contributed by atoms with E-state index in [1.807, 2.05) is 12.1 Å². The summed E-state index contributed by atoms with van der Waals surface area (Å²) in [6.07, 6.45) is 0.506. The van der Waals surface area contributed by atoms with Crippen LogP contribution >= 0.6 is 0 Å². The minimum atomic E-state index is -0.274. The summed E-state index contributed by atoms with van der Waals surface area (Å²) >= 11 is 0. The lowest BCUT2D eigenvalue weighted by atomic mass is 10.1. The van der Waals surface area contributed by atoms with E-state index in [4.69, 9.17) is 0 Å². The van der Waals surface area contributed by atoms with Gasteiger partial charge in [0.15, 0.2) is 0 Å². The number of aliphatic hydroxyl groups excluding tert-OH is 1. The van der Waals surface area contributed by atoms with Crippen LogP contribution in [0.15, 0.2) is 18.2 Å². The number of aliphatic hydroxyl groups is 1. The first kappa shape index (κ1) is 14.2. The second kappa shape index (κ2) is 5.92. The number of nitrogens with zero attached hydrogens (tertiary/aromatic N) is 3. The molecule has 1 aromatic rings. The molecule has 2 aliphatic rings. The predicted molar refractivity (Wildman–Crippen MR) is 83.7 cm³/mol. The Morgan fingerprint density at radius 1 is 1.38 bits per heavy atom. The normalized spacial score (nSPS) is 26.0. The highest BCUT2D eigenvalue weighted by Crippen LogP contribution is 2.29. The van der Waals surface area contributed by atoms with Crippen LogP contribution in [0.3, 0.4) is 0 Å². The van der Waals surface area contributed by atoms with E-state index in [0.29, 0.717) is 18.2 Å². The number of nitrogens with one attached hydrogen (secondary N) is 1. The summed E-state index contributed by atoms with van der Waals surface area (Å²) in [6.45, 7) is 6.56. The highest BCUT2D eigenvalue weighted by molar-refractivity contribution is 5.67. The molecule has 2 aliphatic heterocycles. The van der Waals surface area contributed by atoms with Crippen LogP contribution in [0.5, 0.6) is 0 Å². The van der Waals surface area contributed by atoms with E-state index in [-0.39, 0.29) is 6.10 Å². The third kappa shape index (κ3) is 2.82. The first-order valence-electron chi connectivity index (χ1n) is 7.63. The van der Waals surface area contributed by atoms with E-state index in [2.05, 4.69) is 34.2 Å². The van der Waals surface area contributed by atoms with E-state index in [9.17, 15) is 10.4 Å². The fourth-order valence-electron chi connectivity index (χ4n) is 3.25. The SMILES string of the molecule is C[C@@H]1CNCCN1c1ccc(N2CC[C@H](O)C2)c(C#N)c1. The smallest absolute Gasteiger partial charge is 0.101 e. The second-order valence-electron chi connectivity index (χ2n) is 5.95. The first-order chi connectivity index (χ1) is 10.2. The molecule has 3 rings (SSSR count). The van der Waals surface area contributed by atoms with Crippen molar-refractivity contribution >= 4 is 11.4 Å². The van der Waals surface area contributed by atoms with Gasteiger partial charge >= 0.3 is 0 Å². The molecule has 5 heteroatoms. The number of β-amino-alcohol motifs (C(OH)–C–C–N with tert-alkyl or cyclic N) is 1. The van der Waals surface area contributed by atoms with Crippen LogP contribution in [0.25, 0.3) is 0 Å². The Bertz CT molecular complexity index is 554. The summed E-state index contributed by atoms with van der Waals surface area (Å²) < 4.78 is 0. The molecule has 2 fully saturated rings. The molecule has 2 saturated heterocycles. The molecule has 0 bridgehead atoms. The van der Waals surface area contributed by atoms with Crippen molar-refractivity contribution in [2.45, 2.75) is 25.5 Å². The quantitative estimate of drug-likeness (QED) is 0.847. The van der Waals surface area contributed by atoms with Gasteiger partial charge in [-0.15, -0.1) is 0 Å². The van der Waals surface area contributed by atoms with E-state index >= 15 is 0 Å². The summed E-state index contributed by atoms with van der Waals surface area (Å²) in [5, 5.41) is 22.5. The summed E-state index contributed by atoms with van der Waals surface area (Å²) in [5.74, 6) is 0. The van der Waals surface area contributed by atoms with Gasteiger partial charge in [-0.25, -0.2) is 0 Å². The second-order valence-corrected chi connectivity index (χ2v) is 5.95. The maximum absolute atomic E-state index is 9.68. The molecule has 0 saturated carbocycles. The Labute approximate surface area is 125 Å². The maximum atomic E-state index is 9.68. The predicted octanol–water partition coefficient (Wildman–Crippen LogP) is 0.927. The lowest BCUT2D eigenvalue weighted by Gasteiger charge is -2.36. The number of piperazine rings is 1. The molecule has 21 heavy (non-hydrogen) atoms. The van der Waals surface area contributed by atoms with Gasteiger partial charge in [-0.2, -0.15) is 5.26 Å². The van der Waals surface area contributed by atoms with Crippen LogP contribution < -0.4 is 15.1 Å². The van der Waals surface area contributed by atoms with Crippen LogP contribution in [0.2, 0.25) is 0 Å². The number of hydrogen-bond donors (Lipinski definition) is 2. The maximum Gasteiger partial charge on any atom is 0.101 e. The third-order valence-electron chi connectivity index (χ3n) is 4.44. The van der Waals surface area contributed by atoms with Crippen LogP contribution in [0.1, 0.15) is 18.9 Å². The molecule has 0 unspecified atom stereocenters. The Kier molecular flexibility index (Phi) is 4.00. The van der Waals surface area contributed by atoms with E-state index in [1.54, 1.807) is 0 Å². The van der Waals surface area contributed by atoms with Crippen LogP contribution in [0.4, 0.5) is 11.4 Å². The zero-order valence-electron chi connectivity index (χ0n) is 12.4. The lowest BCUT2D eigenvalue weighted by molar-refractivity contribution is 0.198. The average molecular weight is 286 g/mol. The Morgan fingerprint density at radius 2 is 2.24 bits per heavy atom. The number of anilines is 2. The van der Waals surface area contributed by atoms with Crippen molar-refractivity contribution in [3.8, 4) is 6.07 Å². The van der Waals surface area contributed by atoms with Crippen molar-refractivity contribution in [3.05, 3.63) is 23.8 Å². The molecule has 112 valence electrons. The molecule has 0 aromatic heterocycles. The number of rotatable bonds is 2. The highest BCUT2D eigenvalue weighted by Gasteiger charge is 2.24. The summed E-state index contributed by atoms with van der Waals surface area (Å²) in [5.41, 5.74) is 2.76. The summed E-state index contributed by atoms with van der Waals surface area (Å²) in [7, 11) is 0. The molecule has 5 nitrogen and oxygen atoms in total. The van der Waals surface area contributed by atoms with Crippen molar-refractivity contribution < 1.29 is 5.11 Å². The highest BCUT2D eigenvalue weighted by atomic mass is 16.3. The van der Waals surface area contributed by atoms with Gasteiger partial charge in [-0.05, 0) is 31.5 Å². The molecular formula is C16H22N4O. The summed E-state index contributed by atoms with van der Waals surface area (Å²) in [4.78, 5) is 4.45. The van der Waals surface area contributed by atoms with E-state index in [1.165, 1.54) is 0 Å². The molecule has 0 amide bonds. The van der Waals surface area contributed by atoms with Crippen LogP contribution in [-0.2, 0) is 0 Å². The molecule has 0 aliphatic carbocycles. The molecule has 0 spiro atoms. The van der Waals surface area contributed by atoms with Crippen molar-refractivity contribution in [1.82, 2.24) is 5.32 Å². The van der Waals surface area contributed by atoms with Gasteiger partial charge in [0.1, 0.15) is 6.07 Å². The van der Waals surface area contributed by atoms with Gasteiger partial charge in [0, 0.05) is 44.5 Å². The van der Waals surface area contributed by atoms with Crippen molar-refractivity contribution in [3.63, 3.8) is 0 Å². The topological polar surface area (TPSA) is 62.5 Å². The number of nitriles is 1. The van der Waals surface area contributed by atoms with Crippen molar-refractivity contribution in [1.29, 1.82) is 5.26 Å². The first-order valence-corrected chi connectivity index (χ1v) is 7.63. The number of hydrogen-bond acceptors (Lipinski definition) is 5. The van der Waals surface area contributed by atoms with Crippen molar-refractivity contribution in [2.75, 3.05) is 42.5 Å². The molecular weight excluding hydrogens is 264 g/mol. The average Bonchev–Trinajstić information content (AvgIpc) is 2.93. The van der Waals surface area contributed by atoms with E-state index in [0.717, 1.165) is 44.0 Å². The van der Waals surface area contributed by atoms with E-state index < -0.39 is 0 Å². The Morgan fingerprint density at radius 3 is 2.90 bits per heavy atom. The van der Waals surface area contributed by atoms with Crippen LogP contribution in [0, 0.1) is 11.3 Å². The van der Waals surface area contributed by atoms with Crippen LogP contribution in [-0.4, -0.2) is 50.0 Å². The molecule has 2 heterocycles. The van der Waals surface area contributed by atoms with Gasteiger partial charge in [0.25, 0.3) is 0 Å². The minimum Gasteiger partial charge on any atom is -0.391 e. The van der Waals surface area contributed by atoms with Gasteiger partial charge in [0.05, 0.1) is 17.4 Å². The fourth-order valence-corrected chi connectivity index (χ4v) is 3.25. The standard InChI is InChI=1S/C16H22N4O/c1-12-10-18-5-7-20(12)14-2-3-16(13(8-14)9-17)19-6-4-15(21)11-19/h2-3,8,12,15,18,21H,4-7,10-11H2,1H3/t12-,15+/m1/s1. The molecule has 0 radical (unpaired) electrons. The fraction of sp³-hybridized carbons (Fsp3) is 0.562. The molecule has 1 aromatic carbocycles. The minimum absolute atomic E-state index is 0.274. The molecule has 2 N–H and O–H groups in total.